The van der Waals surface area contributed by atoms with E-state index < -0.39 is 23.5 Å². The molecule has 1 amide bonds. The number of aliphatic hydroxyl groups excluding tert-OH is 1. The quantitative estimate of drug-likeness (QED) is 0.181. The van der Waals surface area contributed by atoms with Crippen LogP contribution in [0.1, 0.15) is 41.6 Å². The summed E-state index contributed by atoms with van der Waals surface area (Å²) < 4.78 is 20.1. The fourth-order valence-corrected chi connectivity index (χ4v) is 5.45. The molecule has 0 aliphatic carbocycles. The molecule has 0 radical (unpaired) electrons. The lowest BCUT2D eigenvalue weighted by atomic mass is 9.93. The molecule has 0 bridgehead atoms. The van der Waals surface area contributed by atoms with E-state index in [0.717, 1.165) is 28.9 Å². The summed E-state index contributed by atoms with van der Waals surface area (Å²) in [6.45, 7) is 6.30. The van der Waals surface area contributed by atoms with Crippen molar-refractivity contribution in [1.82, 2.24) is 4.98 Å². The van der Waals surface area contributed by atoms with Crippen molar-refractivity contribution in [3.8, 4) is 5.75 Å². The molecule has 37 heavy (non-hydrogen) atoms. The van der Waals surface area contributed by atoms with Gasteiger partial charge in [-0.1, -0.05) is 48.1 Å². The Morgan fingerprint density at radius 3 is 2.57 bits per heavy atom. The second kappa shape index (κ2) is 9.78. The highest BCUT2D eigenvalue weighted by Gasteiger charge is 2.48. The van der Waals surface area contributed by atoms with Crippen LogP contribution >= 0.6 is 11.3 Å². The summed E-state index contributed by atoms with van der Waals surface area (Å²) in [6, 6.07) is 15.9. The van der Waals surface area contributed by atoms with Gasteiger partial charge in [-0.25, -0.2) is 9.37 Å². The average Bonchev–Trinajstić information content (AvgIpc) is 3.41. The number of thiazole rings is 1. The molecular weight excluding hydrogens is 491 g/mol. The molecule has 0 spiro atoms. The van der Waals surface area contributed by atoms with Crippen molar-refractivity contribution in [1.29, 1.82) is 0 Å². The van der Waals surface area contributed by atoms with Crippen LogP contribution in [0.5, 0.6) is 5.75 Å². The van der Waals surface area contributed by atoms with E-state index in [2.05, 4.69) is 4.98 Å². The number of Topliss-reactive ketones (excluding diaryl/α,β-unsaturated/α-hetero) is 1. The van der Waals surface area contributed by atoms with Crippen LogP contribution in [0.4, 0.5) is 9.52 Å². The fourth-order valence-electron chi connectivity index (χ4n) is 4.44. The fraction of sp³-hybridized carbons (Fsp3) is 0.207. The summed E-state index contributed by atoms with van der Waals surface area (Å²) >= 11 is 1.12. The maximum atomic E-state index is 13.8. The number of hydrogen-bond donors (Lipinski definition) is 1. The number of anilines is 1. The number of aryl methyl sites for hydroxylation is 2. The summed E-state index contributed by atoms with van der Waals surface area (Å²) in [5.74, 6) is -1.61. The number of halogens is 1. The third kappa shape index (κ3) is 4.49. The van der Waals surface area contributed by atoms with E-state index in [1.54, 1.807) is 30.3 Å². The molecular formula is C29H25FN2O4S. The lowest BCUT2D eigenvalue weighted by Crippen LogP contribution is -2.29. The molecule has 8 heteroatoms. The highest BCUT2D eigenvalue weighted by molar-refractivity contribution is 7.22. The number of nitrogens with zero attached hydrogens (tertiary/aromatic N) is 2. The predicted octanol–water partition coefficient (Wildman–Crippen LogP) is 6.47. The molecule has 5 rings (SSSR count). The van der Waals surface area contributed by atoms with Crippen LogP contribution in [0.25, 0.3) is 16.0 Å². The Hall–Kier alpha value is -4.04. The summed E-state index contributed by atoms with van der Waals surface area (Å²) in [7, 11) is 0. The predicted molar refractivity (Wildman–Crippen MR) is 143 cm³/mol. The van der Waals surface area contributed by atoms with Gasteiger partial charge in [0.25, 0.3) is 5.78 Å². The maximum absolute atomic E-state index is 13.8. The van der Waals surface area contributed by atoms with Gasteiger partial charge in [0.2, 0.25) is 0 Å². The second-order valence-corrected chi connectivity index (χ2v) is 10.0. The highest BCUT2D eigenvalue weighted by Crippen LogP contribution is 2.45. The lowest BCUT2D eigenvalue weighted by Gasteiger charge is -2.23. The van der Waals surface area contributed by atoms with Crippen molar-refractivity contribution in [3.63, 3.8) is 0 Å². The number of carbonyl (C=O) groups is 2. The van der Waals surface area contributed by atoms with Crippen molar-refractivity contribution < 1.29 is 23.8 Å². The van der Waals surface area contributed by atoms with Crippen LogP contribution in [0.15, 0.2) is 66.2 Å². The Morgan fingerprint density at radius 1 is 1.08 bits per heavy atom. The number of rotatable bonds is 6. The Labute approximate surface area is 217 Å². The zero-order valence-corrected chi connectivity index (χ0v) is 21.4. The first-order valence-corrected chi connectivity index (χ1v) is 12.8. The highest BCUT2D eigenvalue weighted by atomic mass is 32.1. The summed E-state index contributed by atoms with van der Waals surface area (Å²) in [6.07, 6.45) is 0.857. The summed E-state index contributed by atoms with van der Waals surface area (Å²) in [4.78, 5) is 32.7. The van der Waals surface area contributed by atoms with Crippen molar-refractivity contribution in [2.24, 2.45) is 0 Å². The van der Waals surface area contributed by atoms with E-state index in [1.165, 1.54) is 23.1 Å². The van der Waals surface area contributed by atoms with E-state index in [-0.39, 0.29) is 16.5 Å². The Balaban J connectivity index is 1.70. The number of fused-ring (bicyclic) bond motifs is 1. The minimum absolute atomic E-state index is 0.0219. The van der Waals surface area contributed by atoms with Gasteiger partial charge in [-0.15, -0.1) is 0 Å². The van der Waals surface area contributed by atoms with Crippen LogP contribution < -0.4 is 9.64 Å². The van der Waals surface area contributed by atoms with Crippen molar-refractivity contribution in [3.05, 3.63) is 94.3 Å². The molecule has 2 heterocycles. The Kier molecular flexibility index (Phi) is 6.52. The molecule has 188 valence electrons. The smallest absolute Gasteiger partial charge is 0.301 e. The molecule has 1 aliphatic heterocycles. The van der Waals surface area contributed by atoms with Crippen LogP contribution in [0, 0.1) is 19.7 Å². The van der Waals surface area contributed by atoms with Gasteiger partial charge in [-0.05, 0) is 67.8 Å². The normalized spacial score (nSPS) is 17.1. The molecule has 3 aromatic carbocycles. The van der Waals surface area contributed by atoms with E-state index in [1.807, 2.05) is 32.9 Å². The minimum Gasteiger partial charge on any atom is -0.507 e. The van der Waals surface area contributed by atoms with Crippen LogP contribution in [-0.4, -0.2) is 28.4 Å². The number of ketones is 1. The molecule has 1 N–H and O–H groups in total. The monoisotopic (exact) mass is 516 g/mol. The van der Waals surface area contributed by atoms with Gasteiger partial charge < -0.3 is 9.84 Å². The molecule has 1 aromatic heterocycles. The van der Waals surface area contributed by atoms with Gasteiger partial charge >= 0.3 is 5.91 Å². The number of ether oxygens (including phenoxy) is 1. The van der Waals surface area contributed by atoms with Gasteiger partial charge in [-0.2, -0.15) is 0 Å². The third-order valence-corrected chi connectivity index (χ3v) is 7.32. The first-order chi connectivity index (χ1) is 17.8. The van der Waals surface area contributed by atoms with E-state index in [9.17, 15) is 19.1 Å². The molecule has 1 unspecified atom stereocenters. The topological polar surface area (TPSA) is 79.7 Å². The molecule has 0 saturated carbocycles. The maximum Gasteiger partial charge on any atom is 0.301 e. The number of aliphatic hydroxyl groups is 1. The molecule has 1 fully saturated rings. The van der Waals surface area contributed by atoms with Crippen molar-refractivity contribution in [2.45, 2.75) is 33.2 Å². The lowest BCUT2D eigenvalue weighted by molar-refractivity contribution is -0.132. The van der Waals surface area contributed by atoms with Gasteiger partial charge in [0.1, 0.15) is 17.3 Å². The Morgan fingerprint density at radius 2 is 1.84 bits per heavy atom. The first-order valence-electron chi connectivity index (χ1n) is 12.0. The van der Waals surface area contributed by atoms with Crippen LogP contribution in [0.3, 0.4) is 0 Å². The number of carbonyl (C=O) groups excluding carboxylic acids is 2. The van der Waals surface area contributed by atoms with E-state index in [0.29, 0.717) is 33.7 Å². The summed E-state index contributed by atoms with van der Waals surface area (Å²) in [5, 5.41) is 11.7. The number of aromatic nitrogens is 1. The van der Waals surface area contributed by atoms with Gasteiger partial charge in [-0.3, -0.25) is 14.5 Å². The average molecular weight is 517 g/mol. The molecule has 6 nitrogen and oxygen atoms in total. The van der Waals surface area contributed by atoms with Crippen LogP contribution in [-0.2, 0) is 9.59 Å². The SMILES string of the molecule is CCCOc1ccc(C2/C(=C(\O)c3cc(C)ccc3C)C(=O)C(=O)N2c2nc3ccc(F)cc3s2)cc1. The minimum atomic E-state index is -0.925. The first kappa shape index (κ1) is 24.6. The summed E-state index contributed by atoms with van der Waals surface area (Å²) in [5.41, 5.74) is 3.26. The van der Waals surface area contributed by atoms with E-state index >= 15 is 0 Å². The van der Waals surface area contributed by atoms with Crippen molar-refractivity contribution >= 4 is 44.1 Å². The van der Waals surface area contributed by atoms with E-state index in [4.69, 9.17) is 4.74 Å². The molecule has 1 atom stereocenters. The zero-order chi connectivity index (χ0) is 26.3. The largest absolute Gasteiger partial charge is 0.507 e. The number of benzene rings is 3. The molecule has 1 aliphatic rings. The second-order valence-electron chi connectivity index (χ2n) is 9.01. The zero-order valence-electron chi connectivity index (χ0n) is 20.6. The van der Waals surface area contributed by atoms with Crippen molar-refractivity contribution in [2.75, 3.05) is 11.5 Å². The molecule has 4 aromatic rings. The number of amides is 1. The van der Waals surface area contributed by atoms with Gasteiger partial charge in [0.15, 0.2) is 5.13 Å². The van der Waals surface area contributed by atoms with Crippen LogP contribution in [0.2, 0.25) is 0 Å². The number of hydrogen-bond acceptors (Lipinski definition) is 6. The Bertz CT molecular complexity index is 1560. The third-order valence-electron chi connectivity index (χ3n) is 6.31. The molecule has 1 saturated heterocycles. The standard InChI is InChI=1S/C29H25FN2O4S/c1-4-13-36-20-10-7-18(8-11-20)25-24(26(33)21-14-16(2)5-6-17(21)3)27(34)28(35)32(25)29-31-22-12-9-19(30)15-23(22)37-29/h5-12,14-15,25,33H,4,13H2,1-3H3/b26-24+. The van der Waals surface area contributed by atoms with Gasteiger partial charge in [0, 0.05) is 5.56 Å². The van der Waals surface area contributed by atoms with Gasteiger partial charge in [0.05, 0.1) is 28.4 Å².